The van der Waals surface area contributed by atoms with E-state index in [1.54, 1.807) is 35.2 Å². The summed E-state index contributed by atoms with van der Waals surface area (Å²) in [5.41, 5.74) is 0.103. The van der Waals surface area contributed by atoms with Crippen LogP contribution in [0.4, 0.5) is 5.69 Å². The summed E-state index contributed by atoms with van der Waals surface area (Å²) in [6.45, 7) is 1.22. The smallest absolute Gasteiger partial charge is 0.341 e. The molecule has 2 aromatic rings. The van der Waals surface area contributed by atoms with Gasteiger partial charge in [-0.1, -0.05) is 41.9 Å². The molecule has 0 aliphatic carbocycles. The van der Waals surface area contributed by atoms with Gasteiger partial charge in [-0.2, -0.15) is 0 Å². The molecular formula is C20H19ClN2O5. The highest BCUT2D eigenvalue weighted by Crippen LogP contribution is 2.27. The SMILES string of the molecule is O=C(OC(C(=O)N1CCCCC1)c1ccccc1)c1cc([N+](=O)[O-])ccc1Cl. The first-order chi connectivity index (χ1) is 13.5. The van der Waals surface area contributed by atoms with Gasteiger partial charge in [-0.05, 0) is 25.3 Å². The average molecular weight is 403 g/mol. The van der Waals surface area contributed by atoms with Gasteiger partial charge in [-0.3, -0.25) is 14.9 Å². The van der Waals surface area contributed by atoms with Gasteiger partial charge in [-0.15, -0.1) is 0 Å². The van der Waals surface area contributed by atoms with Crippen molar-refractivity contribution in [2.45, 2.75) is 25.4 Å². The predicted octanol–water partition coefficient (Wildman–Crippen LogP) is 4.16. The fraction of sp³-hybridized carbons (Fsp3) is 0.300. The van der Waals surface area contributed by atoms with Crippen LogP contribution in [0.25, 0.3) is 0 Å². The summed E-state index contributed by atoms with van der Waals surface area (Å²) < 4.78 is 5.52. The van der Waals surface area contributed by atoms with Crippen LogP contribution in [-0.2, 0) is 9.53 Å². The Labute approximate surface area is 167 Å². The highest BCUT2D eigenvalue weighted by atomic mass is 35.5. The number of hydrogen-bond acceptors (Lipinski definition) is 5. The quantitative estimate of drug-likeness (QED) is 0.425. The standard InChI is InChI=1S/C20H19ClN2O5/c21-17-10-9-15(23(26)27)13-16(17)20(25)28-18(14-7-3-1-4-8-14)19(24)22-11-5-2-6-12-22/h1,3-4,7-10,13,18H,2,5-6,11-12H2. The summed E-state index contributed by atoms with van der Waals surface area (Å²) in [7, 11) is 0. The third kappa shape index (κ3) is 4.48. The van der Waals surface area contributed by atoms with E-state index in [-0.39, 0.29) is 22.2 Å². The second-order valence-electron chi connectivity index (χ2n) is 6.50. The molecule has 1 aliphatic heterocycles. The van der Waals surface area contributed by atoms with Gasteiger partial charge in [0.1, 0.15) is 0 Å². The van der Waals surface area contributed by atoms with Crippen LogP contribution in [0.2, 0.25) is 5.02 Å². The van der Waals surface area contributed by atoms with Crippen molar-refractivity contribution in [3.8, 4) is 0 Å². The molecule has 8 heteroatoms. The molecule has 1 saturated heterocycles. The second-order valence-corrected chi connectivity index (χ2v) is 6.91. The van der Waals surface area contributed by atoms with Crippen LogP contribution in [0.15, 0.2) is 48.5 Å². The Balaban J connectivity index is 1.89. The summed E-state index contributed by atoms with van der Waals surface area (Å²) in [4.78, 5) is 37.8. The molecule has 0 spiro atoms. The van der Waals surface area contributed by atoms with Crippen LogP contribution < -0.4 is 0 Å². The van der Waals surface area contributed by atoms with Crippen molar-refractivity contribution in [2.75, 3.05) is 13.1 Å². The average Bonchev–Trinajstić information content (AvgIpc) is 2.72. The van der Waals surface area contributed by atoms with Crippen LogP contribution in [-0.4, -0.2) is 34.8 Å². The zero-order valence-electron chi connectivity index (χ0n) is 15.0. The normalized spacial score (nSPS) is 15.0. The number of nitrogens with zero attached hydrogens (tertiary/aromatic N) is 2. The topological polar surface area (TPSA) is 89.8 Å². The van der Waals surface area contributed by atoms with Crippen molar-refractivity contribution in [1.82, 2.24) is 4.90 Å². The molecular weight excluding hydrogens is 384 g/mol. The molecule has 3 rings (SSSR count). The lowest BCUT2D eigenvalue weighted by Gasteiger charge is -2.30. The van der Waals surface area contributed by atoms with Crippen LogP contribution in [0.5, 0.6) is 0 Å². The molecule has 0 saturated carbocycles. The van der Waals surface area contributed by atoms with E-state index in [1.165, 1.54) is 12.1 Å². The van der Waals surface area contributed by atoms with Gasteiger partial charge in [0.15, 0.2) is 0 Å². The maximum absolute atomic E-state index is 13.0. The molecule has 1 heterocycles. The lowest BCUT2D eigenvalue weighted by atomic mass is 10.1. The van der Waals surface area contributed by atoms with E-state index >= 15 is 0 Å². The molecule has 0 aromatic heterocycles. The third-order valence-corrected chi connectivity index (χ3v) is 4.93. The van der Waals surface area contributed by atoms with Gasteiger partial charge in [0.05, 0.1) is 15.5 Å². The van der Waals surface area contributed by atoms with Crippen molar-refractivity contribution in [2.24, 2.45) is 0 Å². The first kappa shape index (κ1) is 19.8. The second kappa shape index (κ2) is 8.84. The summed E-state index contributed by atoms with van der Waals surface area (Å²) in [6, 6.07) is 12.2. The lowest BCUT2D eigenvalue weighted by molar-refractivity contribution is -0.384. The number of esters is 1. The molecule has 1 aliphatic rings. The number of benzene rings is 2. The highest BCUT2D eigenvalue weighted by Gasteiger charge is 2.31. The summed E-state index contributed by atoms with van der Waals surface area (Å²) in [5, 5.41) is 11.0. The van der Waals surface area contributed by atoms with Crippen molar-refractivity contribution in [3.05, 3.63) is 74.8 Å². The third-order valence-electron chi connectivity index (χ3n) is 4.60. The molecule has 28 heavy (non-hydrogen) atoms. The Bertz CT molecular complexity index is 881. The minimum atomic E-state index is -1.14. The molecule has 2 aromatic carbocycles. The van der Waals surface area contributed by atoms with E-state index in [9.17, 15) is 19.7 Å². The van der Waals surface area contributed by atoms with Crippen molar-refractivity contribution < 1.29 is 19.2 Å². The minimum Gasteiger partial charge on any atom is -0.444 e. The number of hydrogen-bond donors (Lipinski definition) is 0. The van der Waals surface area contributed by atoms with Crippen LogP contribution in [0.3, 0.4) is 0 Å². The van der Waals surface area contributed by atoms with E-state index in [0.717, 1.165) is 25.3 Å². The van der Waals surface area contributed by atoms with E-state index in [0.29, 0.717) is 18.7 Å². The lowest BCUT2D eigenvalue weighted by Crippen LogP contribution is -2.40. The molecule has 1 unspecified atom stereocenters. The zero-order chi connectivity index (χ0) is 20.1. The molecule has 1 amide bonds. The molecule has 0 N–H and O–H groups in total. The van der Waals surface area contributed by atoms with Gasteiger partial charge in [0.2, 0.25) is 6.10 Å². The Hall–Kier alpha value is -2.93. The molecule has 0 bridgehead atoms. The number of likely N-dealkylation sites (tertiary alicyclic amines) is 1. The first-order valence-corrected chi connectivity index (χ1v) is 9.34. The summed E-state index contributed by atoms with van der Waals surface area (Å²) in [6.07, 6.45) is 1.72. The van der Waals surface area contributed by atoms with Crippen molar-refractivity contribution >= 4 is 29.2 Å². The largest absolute Gasteiger partial charge is 0.444 e. The van der Waals surface area contributed by atoms with Gasteiger partial charge in [-0.25, -0.2) is 4.79 Å². The highest BCUT2D eigenvalue weighted by molar-refractivity contribution is 6.33. The Morgan fingerprint density at radius 3 is 2.39 bits per heavy atom. The Kier molecular flexibility index (Phi) is 6.26. The number of ether oxygens (including phenoxy) is 1. The molecule has 7 nitrogen and oxygen atoms in total. The molecule has 1 fully saturated rings. The van der Waals surface area contributed by atoms with E-state index in [1.807, 2.05) is 0 Å². The number of halogens is 1. The molecule has 0 radical (unpaired) electrons. The summed E-state index contributed by atoms with van der Waals surface area (Å²) >= 11 is 6.03. The zero-order valence-corrected chi connectivity index (χ0v) is 15.8. The van der Waals surface area contributed by atoms with Crippen molar-refractivity contribution in [3.63, 3.8) is 0 Å². The number of nitro groups is 1. The Morgan fingerprint density at radius 1 is 1.07 bits per heavy atom. The number of carbonyl (C=O) groups is 2. The number of non-ortho nitro benzene ring substituents is 1. The molecule has 146 valence electrons. The van der Waals surface area contributed by atoms with E-state index < -0.39 is 17.0 Å². The first-order valence-electron chi connectivity index (χ1n) is 8.96. The number of nitro benzene ring substituents is 1. The number of rotatable bonds is 5. The monoisotopic (exact) mass is 402 g/mol. The van der Waals surface area contributed by atoms with E-state index in [2.05, 4.69) is 0 Å². The summed E-state index contributed by atoms with van der Waals surface area (Å²) in [5.74, 6) is -1.19. The Morgan fingerprint density at radius 2 is 1.75 bits per heavy atom. The van der Waals surface area contributed by atoms with Gasteiger partial charge in [0, 0.05) is 30.8 Å². The number of carbonyl (C=O) groups excluding carboxylic acids is 2. The van der Waals surface area contributed by atoms with Crippen LogP contribution >= 0.6 is 11.6 Å². The van der Waals surface area contributed by atoms with Gasteiger partial charge < -0.3 is 9.64 Å². The fourth-order valence-corrected chi connectivity index (χ4v) is 3.32. The number of piperidine rings is 1. The van der Waals surface area contributed by atoms with Crippen LogP contribution in [0.1, 0.15) is 41.3 Å². The minimum absolute atomic E-state index is 0.0211. The van der Waals surface area contributed by atoms with E-state index in [4.69, 9.17) is 16.3 Å². The van der Waals surface area contributed by atoms with Gasteiger partial charge >= 0.3 is 5.97 Å². The molecule has 1 atom stereocenters. The van der Waals surface area contributed by atoms with Crippen LogP contribution in [0, 0.1) is 10.1 Å². The van der Waals surface area contributed by atoms with Gasteiger partial charge in [0.25, 0.3) is 11.6 Å². The number of amides is 1. The predicted molar refractivity (Wildman–Crippen MR) is 103 cm³/mol. The fourth-order valence-electron chi connectivity index (χ4n) is 3.12. The van der Waals surface area contributed by atoms with Crippen molar-refractivity contribution in [1.29, 1.82) is 0 Å². The maximum Gasteiger partial charge on any atom is 0.341 e. The maximum atomic E-state index is 13.0.